The Hall–Kier alpha value is -1.23. The molecule has 1 unspecified atom stereocenters. The fraction of sp³-hybridized carbons (Fsp3) is 0.294. The molecule has 3 heteroatoms. The topological polar surface area (TPSA) is 32.3 Å². The van der Waals surface area contributed by atoms with E-state index in [1.54, 1.807) is 12.1 Å². The fourth-order valence-corrected chi connectivity index (χ4v) is 2.82. The van der Waals surface area contributed by atoms with E-state index in [0.717, 1.165) is 12.8 Å². The van der Waals surface area contributed by atoms with E-state index in [1.807, 2.05) is 12.1 Å². The first-order chi connectivity index (χ1) is 9.54. The number of anilines is 1. The Morgan fingerprint density at radius 1 is 1.15 bits per heavy atom. The van der Waals surface area contributed by atoms with Crippen LogP contribution in [0.2, 0.25) is 0 Å². The molecular weight excluding hydrogens is 361 g/mol. The van der Waals surface area contributed by atoms with Crippen LogP contribution in [-0.4, -0.2) is 11.1 Å². The summed E-state index contributed by atoms with van der Waals surface area (Å²) in [5.74, 6) is 0.328. The standard InChI is InChI=1S/C17H20INO/c1-12-11-15(18)7-10-17(12)19-13(2)3-4-14-5-8-16(20)9-6-14/h5-11,13,19-20H,3-4H2,1-2H3. The van der Waals surface area contributed by atoms with Gasteiger partial charge in [-0.15, -0.1) is 0 Å². The van der Waals surface area contributed by atoms with Gasteiger partial charge in [0.1, 0.15) is 5.75 Å². The second-order valence-corrected chi connectivity index (χ2v) is 6.46. The molecule has 2 nitrogen and oxygen atoms in total. The number of rotatable bonds is 5. The number of nitrogens with one attached hydrogen (secondary N) is 1. The van der Waals surface area contributed by atoms with Crippen LogP contribution in [0.15, 0.2) is 42.5 Å². The lowest BCUT2D eigenvalue weighted by atomic mass is 10.1. The number of halogens is 1. The van der Waals surface area contributed by atoms with Crippen LogP contribution in [0.5, 0.6) is 5.75 Å². The summed E-state index contributed by atoms with van der Waals surface area (Å²) >= 11 is 2.33. The third kappa shape index (κ3) is 4.40. The molecule has 0 aliphatic carbocycles. The Kier molecular flexibility index (Phi) is 5.29. The summed E-state index contributed by atoms with van der Waals surface area (Å²) in [5, 5.41) is 12.8. The van der Waals surface area contributed by atoms with Gasteiger partial charge in [-0.3, -0.25) is 0 Å². The molecule has 106 valence electrons. The third-order valence-electron chi connectivity index (χ3n) is 3.39. The third-order valence-corrected chi connectivity index (χ3v) is 4.06. The molecule has 2 rings (SSSR count). The van der Waals surface area contributed by atoms with Gasteiger partial charge in [-0.1, -0.05) is 12.1 Å². The van der Waals surface area contributed by atoms with Gasteiger partial charge >= 0.3 is 0 Å². The molecule has 2 N–H and O–H groups in total. The first-order valence-corrected chi connectivity index (χ1v) is 7.93. The van der Waals surface area contributed by atoms with Crippen molar-refractivity contribution < 1.29 is 5.11 Å². The molecule has 0 aliphatic heterocycles. The van der Waals surface area contributed by atoms with Crippen molar-refractivity contribution in [3.63, 3.8) is 0 Å². The number of aryl methyl sites for hydroxylation is 2. The largest absolute Gasteiger partial charge is 0.508 e. The minimum absolute atomic E-state index is 0.328. The highest BCUT2D eigenvalue weighted by molar-refractivity contribution is 14.1. The van der Waals surface area contributed by atoms with Gasteiger partial charge in [0.05, 0.1) is 0 Å². The highest BCUT2D eigenvalue weighted by atomic mass is 127. The minimum Gasteiger partial charge on any atom is -0.508 e. The second-order valence-electron chi connectivity index (χ2n) is 5.21. The number of hydrogen-bond donors (Lipinski definition) is 2. The predicted octanol–water partition coefficient (Wildman–Crippen LogP) is 4.74. The van der Waals surface area contributed by atoms with Crippen LogP contribution in [0.1, 0.15) is 24.5 Å². The molecule has 0 saturated carbocycles. The highest BCUT2D eigenvalue weighted by Crippen LogP contribution is 2.20. The van der Waals surface area contributed by atoms with Crippen LogP contribution in [0.25, 0.3) is 0 Å². The molecule has 0 fully saturated rings. The zero-order chi connectivity index (χ0) is 14.5. The molecular formula is C17H20INO. The summed E-state index contributed by atoms with van der Waals surface area (Å²) in [7, 11) is 0. The van der Waals surface area contributed by atoms with Crippen molar-refractivity contribution in [2.45, 2.75) is 32.7 Å². The van der Waals surface area contributed by atoms with Crippen molar-refractivity contribution >= 4 is 28.3 Å². The molecule has 0 heterocycles. The van der Waals surface area contributed by atoms with E-state index in [4.69, 9.17) is 0 Å². The molecule has 20 heavy (non-hydrogen) atoms. The van der Waals surface area contributed by atoms with Crippen molar-refractivity contribution in [1.29, 1.82) is 0 Å². The second kappa shape index (κ2) is 6.97. The van der Waals surface area contributed by atoms with Crippen molar-refractivity contribution in [2.24, 2.45) is 0 Å². The Morgan fingerprint density at radius 2 is 1.85 bits per heavy atom. The summed E-state index contributed by atoms with van der Waals surface area (Å²) in [6.45, 7) is 4.34. The summed E-state index contributed by atoms with van der Waals surface area (Å²) in [4.78, 5) is 0. The van der Waals surface area contributed by atoms with Crippen LogP contribution >= 0.6 is 22.6 Å². The van der Waals surface area contributed by atoms with Gasteiger partial charge in [0.15, 0.2) is 0 Å². The van der Waals surface area contributed by atoms with E-state index in [1.165, 1.54) is 20.4 Å². The van der Waals surface area contributed by atoms with Crippen LogP contribution in [-0.2, 0) is 6.42 Å². The SMILES string of the molecule is Cc1cc(I)ccc1NC(C)CCc1ccc(O)cc1. The lowest BCUT2D eigenvalue weighted by Gasteiger charge is -2.17. The Bertz CT molecular complexity index is 566. The molecule has 0 amide bonds. The summed E-state index contributed by atoms with van der Waals surface area (Å²) < 4.78 is 1.27. The number of hydrogen-bond acceptors (Lipinski definition) is 2. The number of phenolic OH excluding ortho intramolecular Hbond substituents is 1. The highest BCUT2D eigenvalue weighted by Gasteiger charge is 2.05. The van der Waals surface area contributed by atoms with Gasteiger partial charge in [-0.25, -0.2) is 0 Å². The minimum atomic E-state index is 0.328. The first-order valence-electron chi connectivity index (χ1n) is 6.85. The molecule has 0 radical (unpaired) electrons. The summed E-state index contributed by atoms with van der Waals surface area (Å²) in [6.07, 6.45) is 2.08. The lowest BCUT2D eigenvalue weighted by molar-refractivity contribution is 0.475. The molecule has 0 saturated heterocycles. The fourth-order valence-electron chi connectivity index (χ4n) is 2.17. The molecule has 1 atom stereocenters. The Morgan fingerprint density at radius 3 is 2.50 bits per heavy atom. The molecule has 0 aromatic heterocycles. The van der Waals surface area contributed by atoms with E-state index >= 15 is 0 Å². The smallest absolute Gasteiger partial charge is 0.115 e. The van der Waals surface area contributed by atoms with Crippen LogP contribution < -0.4 is 5.32 Å². The van der Waals surface area contributed by atoms with Crippen molar-refractivity contribution in [2.75, 3.05) is 5.32 Å². The molecule has 0 bridgehead atoms. The quantitative estimate of drug-likeness (QED) is 0.734. The van der Waals surface area contributed by atoms with Gasteiger partial charge < -0.3 is 10.4 Å². The van der Waals surface area contributed by atoms with E-state index in [2.05, 4.69) is 60.0 Å². The first kappa shape index (κ1) is 15.2. The van der Waals surface area contributed by atoms with Crippen LogP contribution in [0, 0.1) is 10.5 Å². The summed E-state index contributed by atoms with van der Waals surface area (Å²) in [6, 6.07) is 14.3. The van der Waals surface area contributed by atoms with Gasteiger partial charge in [0.2, 0.25) is 0 Å². The predicted molar refractivity (Wildman–Crippen MR) is 93.4 cm³/mol. The monoisotopic (exact) mass is 381 g/mol. The zero-order valence-corrected chi connectivity index (χ0v) is 14.0. The molecule has 2 aromatic carbocycles. The normalized spacial score (nSPS) is 12.2. The number of phenols is 1. The van der Waals surface area contributed by atoms with E-state index in [9.17, 15) is 5.11 Å². The maximum Gasteiger partial charge on any atom is 0.115 e. The Labute approximate surface area is 134 Å². The maximum absolute atomic E-state index is 9.27. The van der Waals surface area contributed by atoms with E-state index < -0.39 is 0 Å². The van der Waals surface area contributed by atoms with Gasteiger partial charge in [-0.05, 0) is 90.7 Å². The number of aromatic hydroxyl groups is 1. The van der Waals surface area contributed by atoms with E-state index in [0.29, 0.717) is 11.8 Å². The van der Waals surface area contributed by atoms with Crippen molar-refractivity contribution in [3.05, 3.63) is 57.2 Å². The molecule has 2 aromatic rings. The molecule has 0 spiro atoms. The number of benzene rings is 2. The maximum atomic E-state index is 9.27. The Balaban J connectivity index is 1.89. The van der Waals surface area contributed by atoms with Crippen molar-refractivity contribution in [1.82, 2.24) is 0 Å². The zero-order valence-electron chi connectivity index (χ0n) is 11.9. The molecule has 0 aliphatic rings. The van der Waals surface area contributed by atoms with Gasteiger partial charge in [-0.2, -0.15) is 0 Å². The lowest BCUT2D eigenvalue weighted by Crippen LogP contribution is -2.16. The van der Waals surface area contributed by atoms with Crippen molar-refractivity contribution in [3.8, 4) is 5.75 Å². The summed E-state index contributed by atoms with van der Waals surface area (Å²) in [5.41, 5.74) is 3.76. The average molecular weight is 381 g/mol. The van der Waals surface area contributed by atoms with Gasteiger partial charge in [0, 0.05) is 15.3 Å². The van der Waals surface area contributed by atoms with E-state index in [-0.39, 0.29) is 0 Å². The van der Waals surface area contributed by atoms with Crippen LogP contribution in [0.3, 0.4) is 0 Å². The average Bonchev–Trinajstić information content (AvgIpc) is 2.41. The van der Waals surface area contributed by atoms with Gasteiger partial charge in [0.25, 0.3) is 0 Å². The van der Waals surface area contributed by atoms with Crippen LogP contribution in [0.4, 0.5) is 5.69 Å².